The highest BCUT2D eigenvalue weighted by Crippen LogP contribution is 2.16. The fraction of sp³-hybridized carbons (Fsp3) is 0.182. The molecule has 0 atom stereocenters. The van der Waals surface area contributed by atoms with E-state index in [0.717, 1.165) is 11.3 Å². The van der Waals surface area contributed by atoms with Gasteiger partial charge < -0.3 is 0 Å². The van der Waals surface area contributed by atoms with E-state index in [9.17, 15) is 0 Å². The van der Waals surface area contributed by atoms with Gasteiger partial charge in [0.15, 0.2) is 0 Å². The van der Waals surface area contributed by atoms with Crippen LogP contribution in [0.3, 0.4) is 0 Å². The Hall–Kier alpha value is -1.37. The molecule has 0 spiro atoms. The minimum atomic E-state index is 0.952. The molecule has 0 saturated carbocycles. The smallest absolute Gasteiger partial charge is 0.0698 e. The van der Waals surface area contributed by atoms with Gasteiger partial charge in [-0.2, -0.15) is 0 Å². The van der Waals surface area contributed by atoms with Gasteiger partial charge in [-0.25, -0.2) is 0 Å². The lowest BCUT2D eigenvalue weighted by atomic mass is 10.1. The van der Waals surface area contributed by atoms with Crippen LogP contribution in [-0.4, -0.2) is 4.98 Å². The van der Waals surface area contributed by atoms with E-state index in [1.807, 2.05) is 13.0 Å². The van der Waals surface area contributed by atoms with Gasteiger partial charge >= 0.3 is 0 Å². The number of pyridine rings is 1. The topological polar surface area (TPSA) is 12.9 Å². The SMILES string of the molecule is C=Cc1ncccc1/C(C)=C\C. The van der Waals surface area contributed by atoms with Crippen LogP contribution in [-0.2, 0) is 0 Å². The van der Waals surface area contributed by atoms with Crippen molar-refractivity contribution in [3.8, 4) is 0 Å². The molecule has 0 radical (unpaired) electrons. The van der Waals surface area contributed by atoms with E-state index in [1.54, 1.807) is 12.3 Å². The zero-order valence-electron chi connectivity index (χ0n) is 7.54. The molecule has 1 rings (SSSR count). The van der Waals surface area contributed by atoms with Gasteiger partial charge in [0, 0.05) is 11.8 Å². The van der Waals surface area contributed by atoms with E-state index in [-0.39, 0.29) is 0 Å². The van der Waals surface area contributed by atoms with Gasteiger partial charge in [-0.3, -0.25) is 4.98 Å². The number of aromatic nitrogens is 1. The molecule has 0 N–H and O–H groups in total. The quantitative estimate of drug-likeness (QED) is 0.646. The molecule has 0 bridgehead atoms. The highest BCUT2D eigenvalue weighted by Gasteiger charge is 1.99. The Morgan fingerprint density at radius 3 is 2.92 bits per heavy atom. The van der Waals surface area contributed by atoms with E-state index < -0.39 is 0 Å². The first-order valence-corrected chi connectivity index (χ1v) is 4.00. The van der Waals surface area contributed by atoms with Crippen molar-refractivity contribution in [1.82, 2.24) is 4.98 Å². The van der Waals surface area contributed by atoms with Crippen LogP contribution in [0.25, 0.3) is 11.6 Å². The predicted octanol–water partition coefficient (Wildman–Crippen LogP) is 3.15. The average molecular weight is 159 g/mol. The first-order chi connectivity index (χ1) is 5.79. The number of hydrogen-bond donors (Lipinski definition) is 0. The highest BCUT2D eigenvalue weighted by atomic mass is 14.7. The number of rotatable bonds is 2. The Bertz CT molecular complexity index is 311. The van der Waals surface area contributed by atoms with Gasteiger partial charge in [-0.1, -0.05) is 18.7 Å². The van der Waals surface area contributed by atoms with Crippen LogP contribution in [0.4, 0.5) is 0 Å². The van der Waals surface area contributed by atoms with Crippen molar-refractivity contribution in [3.05, 3.63) is 42.2 Å². The molecule has 1 aromatic heterocycles. The lowest BCUT2D eigenvalue weighted by molar-refractivity contribution is 1.27. The molecule has 0 aliphatic rings. The Morgan fingerprint density at radius 2 is 2.33 bits per heavy atom. The van der Waals surface area contributed by atoms with Crippen LogP contribution in [0.15, 0.2) is 31.0 Å². The van der Waals surface area contributed by atoms with Crippen LogP contribution < -0.4 is 0 Å². The van der Waals surface area contributed by atoms with Crippen molar-refractivity contribution in [2.45, 2.75) is 13.8 Å². The van der Waals surface area contributed by atoms with Crippen molar-refractivity contribution in [1.29, 1.82) is 0 Å². The Balaban J connectivity index is 3.22. The second-order valence-corrected chi connectivity index (χ2v) is 2.61. The van der Waals surface area contributed by atoms with Crippen molar-refractivity contribution < 1.29 is 0 Å². The van der Waals surface area contributed by atoms with Gasteiger partial charge in [0.05, 0.1) is 5.69 Å². The number of nitrogens with zero attached hydrogens (tertiary/aromatic N) is 1. The second-order valence-electron chi connectivity index (χ2n) is 2.61. The molecule has 0 saturated heterocycles. The monoisotopic (exact) mass is 159 g/mol. The standard InChI is InChI=1S/C11H13N/c1-4-9(3)10-7-6-8-12-11(10)5-2/h4-8H,2H2,1,3H3/b9-4-. The third-order valence-corrected chi connectivity index (χ3v) is 1.89. The normalized spacial score (nSPS) is 11.3. The van der Waals surface area contributed by atoms with Crippen LogP contribution in [0.1, 0.15) is 25.1 Å². The van der Waals surface area contributed by atoms with Crippen LogP contribution in [0.5, 0.6) is 0 Å². The molecule has 0 amide bonds. The first-order valence-electron chi connectivity index (χ1n) is 4.00. The maximum absolute atomic E-state index is 4.21. The summed E-state index contributed by atoms with van der Waals surface area (Å²) in [5.74, 6) is 0. The number of hydrogen-bond acceptors (Lipinski definition) is 1. The summed E-state index contributed by atoms with van der Waals surface area (Å²) >= 11 is 0. The molecular formula is C11H13N. The maximum Gasteiger partial charge on any atom is 0.0698 e. The third-order valence-electron chi connectivity index (χ3n) is 1.89. The summed E-state index contributed by atoms with van der Waals surface area (Å²) in [4.78, 5) is 4.21. The summed E-state index contributed by atoms with van der Waals surface area (Å²) in [5.41, 5.74) is 3.35. The molecule has 0 aliphatic carbocycles. The summed E-state index contributed by atoms with van der Waals surface area (Å²) in [5, 5.41) is 0. The summed E-state index contributed by atoms with van der Waals surface area (Å²) in [6, 6.07) is 3.99. The molecule has 1 nitrogen and oxygen atoms in total. The zero-order valence-corrected chi connectivity index (χ0v) is 7.54. The van der Waals surface area contributed by atoms with Crippen LogP contribution >= 0.6 is 0 Å². The molecule has 1 heteroatoms. The minimum Gasteiger partial charge on any atom is -0.256 e. The lowest BCUT2D eigenvalue weighted by Crippen LogP contribution is -1.87. The molecule has 62 valence electrons. The molecule has 1 heterocycles. The average Bonchev–Trinajstić information content (AvgIpc) is 2.16. The molecule has 0 unspecified atom stereocenters. The molecule has 12 heavy (non-hydrogen) atoms. The second kappa shape index (κ2) is 3.86. The molecule has 0 aliphatic heterocycles. The van der Waals surface area contributed by atoms with Gasteiger partial charge in [-0.15, -0.1) is 0 Å². The fourth-order valence-corrected chi connectivity index (χ4v) is 1.07. The molecule has 1 aromatic rings. The maximum atomic E-state index is 4.21. The van der Waals surface area contributed by atoms with Gasteiger partial charge in [-0.05, 0) is 31.6 Å². The van der Waals surface area contributed by atoms with Crippen LogP contribution in [0, 0.1) is 0 Å². The summed E-state index contributed by atoms with van der Waals surface area (Å²) in [7, 11) is 0. The molecular weight excluding hydrogens is 146 g/mol. The van der Waals surface area contributed by atoms with Crippen molar-refractivity contribution in [2.75, 3.05) is 0 Å². The Morgan fingerprint density at radius 1 is 1.58 bits per heavy atom. The van der Waals surface area contributed by atoms with Crippen molar-refractivity contribution in [2.24, 2.45) is 0 Å². The Labute approximate surface area is 73.5 Å². The fourth-order valence-electron chi connectivity index (χ4n) is 1.07. The van der Waals surface area contributed by atoms with E-state index in [2.05, 4.69) is 30.6 Å². The van der Waals surface area contributed by atoms with Gasteiger partial charge in [0.2, 0.25) is 0 Å². The van der Waals surface area contributed by atoms with Crippen molar-refractivity contribution >= 4 is 11.6 Å². The van der Waals surface area contributed by atoms with Crippen molar-refractivity contribution in [3.63, 3.8) is 0 Å². The predicted molar refractivity (Wildman–Crippen MR) is 53.7 cm³/mol. The summed E-state index contributed by atoms with van der Waals surface area (Å²) in [6.07, 6.45) is 5.63. The molecule has 0 aromatic carbocycles. The molecule has 0 fully saturated rings. The van der Waals surface area contributed by atoms with E-state index in [4.69, 9.17) is 0 Å². The van der Waals surface area contributed by atoms with E-state index in [1.165, 1.54) is 5.57 Å². The van der Waals surface area contributed by atoms with E-state index in [0.29, 0.717) is 0 Å². The first kappa shape index (κ1) is 8.72. The third kappa shape index (κ3) is 1.62. The minimum absolute atomic E-state index is 0.952. The van der Waals surface area contributed by atoms with Crippen LogP contribution in [0.2, 0.25) is 0 Å². The zero-order chi connectivity index (χ0) is 8.97. The Kier molecular flexibility index (Phi) is 2.81. The van der Waals surface area contributed by atoms with E-state index >= 15 is 0 Å². The largest absolute Gasteiger partial charge is 0.256 e. The lowest BCUT2D eigenvalue weighted by Gasteiger charge is -2.03. The number of allylic oxidation sites excluding steroid dienone is 2. The summed E-state index contributed by atoms with van der Waals surface area (Å²) in [6.45, 7) is 7.82. The van der Waals surface area contributed by atoms with Gasteiger partial charge in [0.25, 0.3) is 0 Å². The van der Waals surface area contributed by atoms with Gasteiger partial charge in [0.1, 0.15) is 0 Å². The highest BCUT2D eigenvalue weighted by molar-refractivity contribution is 5.70. The summed E-state index contributed by atoms with van der Waals surface area (Å²) < 4.78 is 0.